The van der Waals surface area contributed by atoms with Gasteiger partial charge in [-0.05, 0) is 43.0 Å². The number of hydrogen-bond donors (Lipinski definition) is 1. The van der Waals surface area contributed by atoms with Gasteiger partial charge in [0, 0.05) is 18.8 Å². The average molecular weight is 491 g/mol. The van der Waals surface area contributed by atoms with Crippen molar-refractivity contribution < 1.29 is 4.79 Å². The number of fused-ring (bicyclic) bond motifs is 1. The molecule has 2 aliphatic rings. The van der Waals surface area contributed by atoms with E-state index < -0.39 is 0 Å². The second-order valence-corrected chi connectivity index (χ2v) is 10.4. The van der Waals surface area contributed by atoms with Crippen molar-refractivity contribution in [2.24, 2.45) is 0 Å². The molecule has 1 N–H and O–H groups in total. The number of hydrogen-bond acceptors (Lipinski definition) is 6. The van der Waals surface area contributed by atoms with Crippen LogP contribution in [0.15, 0.2) is 58.4 Å². The molecule has 34 heavy (non-hydrogen) atoms. The highest BCUT2D eigenvalue weighted by atomic mass is 32.2. The molecule has 5 rings (SSSR count). The van der Waals surface area contributed by atoms with Crippen LogP contribution in [0.5, 0.6) is 0 Å². The Bertz CT molecular complexity index is 1340. The summed E-state index contributed by atoms with van der Waals surface area (Å²) in [5.74, 6) is 0.357. The van der Waals surface area contributed by atoms with Crippen LogP contribution in [0.3, 0.4) is 0 Å². The molecule has 1 aromatic carbocycles. The molecule has 1 aliphatic heterocycles. The summed E-state index contributed by atoms with van der Waals surface area (Å²) in [5.41, 5.74) is 2.71. The number of carbonyl (C=O) groups excluding carboxylic acids is 1. The number of thiocarbonyl (C=S) groups is 1. The lowest BCUT2D eigenvalue weighted by atomic mass is 9.94. The highest BCUT2D eigenvalue weighted by Gasteiger charge is 2.37. The van der Waals surface area contributed by atoms with Gasteiger partial charge in [0.15, 0.2) is 0 Å². The number of aryl methyl sites for hydroxylation is 1. The van der Waals surface area contributed by atoms with Gasteiger partial charge in [0.05, 0.1) is 10.5 Å². The Morgan fingerprint density at radius 3 is 2.65 bits per heavy atom. The summed E-state index contributed by atoms with van der Waals surface area (Å²) in [4.78, 5) is 33.9. The van der Waals surface area contributed by atoms with Crippen molar-refractivity contribution in [1.82, 2.24) is 14.3 Å². The molecule has 0 unspecified atom stereocenters. The lowest BCUT2D eigenvalue weighted by Crippen LogP contribution is -2.39. The van der Waals surface area contributed by atoms with Gasteiger partial charge in [-0.25, -0.2) is 4.98 Å². The van der Waals surface area contributed by atoms with E-state index in [-0.39, 0.29) is 17.5 Å². The van der Waals surface area contributed by atoms with E-state index in [4.69, 9.17) is 17.2 Å². The van der Waals surface area contributed by atoms with E-state index in [1.807, 2.05) is 49.4 Å². The molecule has 0 radical (unpaired) electrons. The lowest BCUT2D eigenvalue weighted by Gasteiger charge is -2.29. The summed E-state index contributed by atoms with van der Waals surface area (Å²) < 4.78 is 2.11. The fourth-order valence-electron chi connectivity index (χ4n) is 4.62. The monoisotopic (exact) mass is 490 g/mol. The smallest absolute Gasteiger partial charge is 0.267 e. The van der Waals surface area contributed by atoms with Crippen LogP contribution < -0.4 is 10.9 Å². The third kappa shape index (κ3) is 4.40. The molecule has 2 fully saturated rings. The van der Waals surface area contributed by atoms with Crippen LogP contribution in [0, 0.1) is 6.92 Å². The Morgan fingerprint density at radius 2 is 1.88 bits per heavy atom. The van der Waals surface area contributed by atoms with E-state index in [2.05, 4.69) is 5.32 Å². The second-order valence-electron chi connectivity index (χ2n) is 8.75. The first-order valence-corrected chi connectivity index (χ1v) is 12.8. The molecule has 1 saturated carbocycles. The molecule has 2 aromatic heterocycles. The number of thioether (sulfide) groups is 1. The largest absolute Gasteiger partial charge is 0.365 e. The summed E-state index contributed by atoms with van der Waals surface area (Å²) >= 11 is 6.86. The van der Waals surface area contributed by atoms with Crippen LogP contribution >= 0.6 is 24.0 Å². The van der Waals surface area contributed by atoms with Gasteiger partial charge >= 0.3 is 0 Å². The number of rotatable bonds is 5. The van der Waals surface area contributed by atoms with E-state index >= 15 is 0 Å². The van der Waals surface area contributed by atoms with Crippen molar-refractivity contribution in [3.63, 3.8) is 0 Å². The van der Waals surface area contributed by atoms with Gasteiger partial charge in [0.25, 0.3) is 11.5 Å². The van der Waals surface area contributed by atoms with Crippen LogP contribution in [0.2, 0.25) is 0 Å². The molecular weight excluding hydrogens is 464 g/mol. The Balaban J connectivity index is 1.55. The number of nitrogens with one attached hydrogen (secondary N) is 1. The number of amides is 1. The van der Waals surface area contributed by atoms with E-state index in [1.165, 1.54) is 22.6 Å². The number of pyridine rings is 1. The van der Waals surface area contributed by atoms with Crippen molar-refractivity contribution >= 4 is 51.7 Å². The van der Waals surface area contributed by atoms with Crippen molar-refractivity contribution in [1.29, 1.82) is 0 Å². The SMILES string of the molecule is Cc1cccn2c(=O)c(C=C3SC(=S)N(C4CCCCC4)C3=O)c(NCc3ccccc3)nc12. The molecule has 1 saturated heterocycles. The second kappa shape index (κ2) is 9.72. The van der Waals surface area contributed by atoms with Gasteiger partial charge in [-0.15, -0.1) is 0 Å². The van der Waals surface area contributed by atoms with Crippen LogP contribution in [-0.4, -0.2) is 30.6 Å². The summed E-state index contributed by atoms with van der Waals surface area (Å²) in [6.07, 6.45) is 8.76. The first-order chi connectivity index (χ1) is 16.5. The summed E-state index contributed by atoms with van der Waals surface area (Å²) in [5, 5.41) is 3.33. The Morgan fingerprint density at radius 1 is 1.12 bits per heavy atom. The molecular formula is C26H26N4O2S2. The number of carbonyl (C=O) groups is 1. The first kappa shape index (κ1) is 22.8. The maximum absolute atomic E-state index is 13.5. The van der Waals surface area contributed by atoms with Gasteiger partial charge in [0.2, 0.25) is 0 Å². The average Bonchev–Trinajstić information content (AvgIpc) is 3.14. The van der Waals surface area contributed by atoms with Crippen molar-refractivity contribution in [2.45, 2.75) is 51.6 Å². The fraction of sp³-hybridized carbons (Fsp3) is 0.308. The van der Waals surface area contributed by atoms with E-state index in [9.17, 15) is 9.59 Å². The molecule has 3 aromatic rings. The van der Waals surface area contributed by atoms with Gasteiger partial charge < -0.3 is 5.32 Å². The van der Waals surface area contributed by atoms with Crippen molar-refractivity contribution in [2.75, 3.05) is 5.32 Å². The molecule has 0 spiro atoms. The molecule has 0 atom stereocenters. The van der Waals surface area contributed by atoms with Gasteiger partial charge in [0.1, 0.15) is 15.8 Å². The lowest BCUT2D eigenvalue weighted by molar-refractivity contribution is -0.124. The van der Waals surface area contributed by atoms with Crippen molar-refractivity contribution in [3.05, 3.63) is 80.6 Å². The zero-order chi connectivity index (χ0) is 23.7. The number of nitrogens with zero attached hydrogens (tertiary/aromatic N) is 3. The number of benzene rings is 1. The Labute approximate surface area is 208 Å². The van der Waals surface area contributed by atoms with E-state index in [1.54, 1.807) is 17.2 Å². The minimum absolute atomic E-state index is 0.107. The van der Waals surface area contributed by atoms with Crippen LogP contribution in [0.4, 0.5) is 5.82 Å². The highest BCUT2D eigenvalue weighted by molar-refractivity contribution is 8.26. The predicted molar refractivity (Wildman–Crippen MR) is 142 cm³/mol. The van der Waals surface area contributed by atoms with Crippen molar-refractivity contribution in [3.8, 4) is 0 Å². The minimum atomic E-state index is -0.216. The first-order valence-electron chi connectivity index (χ1n) is 11.6. The molecule has 0 bridgehead atoms. The molecule has 3 heterocycles. The van der Waals surface area contributed by atoms with Crippen LogP contribution in [-0.2, 0) is 11.3 Å². The topological polar surface area (TPSA) is 66.7 Å². The molecule has 1 amide bonds. The molecule has 1 aliphatic carbocycles. The predicted octanol–water partition coefficient (Wildman–Crippen LogP) is 5.15. The van der Waals surface area contributed by atoms with Crippen LogP contribution in [0.1, 0.15) is 48.8 Å². The van der Waals surface area contributed by atoms with E-state index in [0.717, 1.165) is 36.8 Å². The van der Waals surface area contributed by atoms with Crippen LogP contribution in [0.25, 0.3) is 11.7 Å². The fourth-order valence-corrected chi connectivity index (χ4v) is 6.01. The molecule has 8 heteroatoms. The Kier molecular flexibility index (Phi) is 6.52. The summed E-state index contributed by atoms with van der Waals surface area (Å²) in [7, 11) is 0. The maximum atomic E-state index is 13.5. The third-order valence-electron chi connectivity index (χ3n) is 6.43. The summed E-state index contributed by atoms with van der Waals surface area (Å²) in [6, 6.07) is 13.9. The Hall–Kier alpha value is -2.97. The number of anilines is 1. The zero-order valence-electron chi connectivity index (χ0n) is 19.0. The maximum Gasteiger partial charge on any atom is 0.267 e. The minimum Gasteiger partial charge on any atom is -0.365 e. The standard InChI is InChI=1S/C26H26N4O2S2/c1-17-9-8-14-29-23(17)28-22(27-16-18-10-4-2-5-11-18)20(24(29)31)15-21-25(32)30(26(33)34-21)19-12-6-3-7-13-19/h2,4-5,8-11,14-15,19,27H,3,6-7,12-13,16H2,1H3. The van der Waals surface area contributed by atoms with E-state index in [0.29, 0.717) is 32.8 Å². The molecule has 174 valence electrons. The zero-order valence-corrected chi connectivity index (χ0v) is 20.6. The third-order valence-corrected chi connectivity index (χ3v) is 7.76. The summed E-state index contributed by atoms with van der Waals surface area (Å²) in [6.45, 7) is 2.44. The van der Waals surface area contributed by atoms with Gasteiger partial charge in [-0.1, -0.05) is 79.6 Å². The number of aromatic nitrogens is 2. The molecule has 6 nitrogen and oxygen atoms in total. The quantitative estimate of drug-likeness (QED) is 0.394. The van der Waals surface area contributed by atoms with Gasteiger partial charge in [-0.2, -0.15) is 0 Å². The van der Waals surface area contributed by atoms with Gasteiger partial charge in [-0.3, -0.25) is 18.9 Å². The highest BCUT2D eigenvalue weighted by Crippen LogP contribution is 2.37. The normalized spacial score (nSPS) is 18.3.